The quantitative estimate of drug-likeness (QED) is 0.730. The zero-order valence-corrected chi connectivity index (χ0v) is 13.8. The Morgan fingerprint density at radius 3 is 2.00 bits per heavy atom. The van der Waals surface area contributed by atoms with E-state index in [1.54, 1.807) is 0 Å². The number of hydrogen-bond acceptors (Lipinski definition) is 3. The van der Waals surface area contributed by atoms with Crippen LogP contribution in [0.5, 0.6) is 0 Å². The van der Waals surface area contributed by atoms with Gasteiger partial charge < -0.3 is 10.2 Å². The number of rotatable bonds is 8. The van der Waals surface area contributed by atoms with E-state index in [0.717, 1.165) is 6.54 Å². The Bertz CT molecular complexity index is 226. The topological polar surface area (TPSA) is 18.5 Å². The molecule has 0 spiro atoms. The lowest BCUT2D eigenvalue weighted by molar-refractivity contribution is 0.0597. The van der Waals surface area contributed by atoms with Crippen molar-refractivity contribution in [3.63, 3.8) is 0 Å². The molecule has 1 saturated heterocycles. The van der Waals surface area contributed by atoms with E-state index < -0.39 is 0 Å². The van der Waals surface area contributed by atoms with Crippen molar-refractivity contribution in [3.05, 3.63) is 0 Å². The van der Waals surface area contributed by atoms with Crippen LogP contribution < -0.4 is 5.32 Å². The maximum atomic E-state index is 3.82. The van der Waals surface area contributed by atoms with Gasteiger partial charge in [0.1, 0.15) is 0 Å². The number of hydrogen-bond donors (Lipinski definition) is 1. The normalized spacial score (nSPS) is 19.3. The molecule has 1 N–H and O–H groups in total. The summed E-state index contributed by atoms with van der Waals surface area (Å²) >= 11 is 0. The van der Waals surface area contributed by atoms with Gasteiger partial charge in [0.15, 0.2) is 0 Å². The van der Waals surface area contributed by atoms with E-state index >= 15 is 0 Å². The van der Waals surface area contributed by atoms with Gasteiger partial charge in [-0.15, -0.1) is 0 Å². The average Bonchev–Trinajstić information content (AvgIpc) is 2.37. The van der Waals surface area contributed by atoms with E-state index in [9.17, 15) is 0 Å². The van der Waals surface area contributed by atoms with Crippen molar-refractivity contribution >= 4 is 0 Å². The predicted octanol–water partition coefficient (Wildman–Crippen LogP) is 2.57. The highest BCUT2D eigenvalue weighted by atomic mass is 15.3. The third-order valence-corrected chi connectivity index (χ3v) is 4.46. The molecule has 3 heteroatoms. The van der Waals surface area contributed by atoms with Gasteiger partial charge in [-0.05, 0) is 33.7 Å². The molecule has 1 aliphatic heterocycles. The molecular formula is C16H35N3. The molecule has 1 fully saturated rings. The number of piperazine rings is 1. The first-order chi connectivity index (χ1) is 8.99. The summed E-state index contributed by atoms with van der Waals surface area (Å²) in [4.78, 5) is 5.08. The van der Waals surface area contributed by atoms with Crippen molar-refractivity contribution in [2.75, 3.05) is 39.8 Å². The van der Waals surface area contributed by atoms with Gasteiger partial charge in [0.05, 0.1) is 0 Å². The molecule has 0 atom stereocenters. The van der Waals surface area contributed by atoms with Crippen molar-refractivity contribution in [2.45, 2.75) is 65.0 Å². The Hall–Kier alpha value is -0.120. The zero-order chi connectivity index (χ0) is 14.3. The van der Waals surface area contributed by atoms with Crippen molar-refractivity contribution in [1.82, 2.24) is 15.1 Å². The van der Waals surface area contributed by atoms with Gasteiger partial charge in [-0.25, -0.2) is 0 Å². The largest absolute Gasteiger partial charge is 0.312 e. The van der Waals surface area contributed by atoms with E-state index in [0.29, 0.717) is 6.04 Å². The predicted molar refractivity (Wildman–Crippen MR) is 84.8 cm³/mol. The number of nitrogens with zero attached hydrogens (tertiary/aromatic N) is 2. The number of likely N-dealkylation sites (N-methyl/N-ethyl adjacent to an activating group) is 1. The summed E-state index contributed by atoms with van der Waals surface area (Å²) in [5, 5.41) is 3.82. The fraction of sp³-hybridized carbons (Fsp3) is 1.00. The Morgan fingerprint density at radius 2 is 1.53 bits per heavy atom. The molecule has 0 aliphatic carbocycles. The molecule has 1 aliphatic rings. The SMILES string of the molecule is CCCC(CCC)NCC(C)(C)N1CCN(C)CC1. The van der Waals surface area contributed by atoms with Gasteiger partial charge in [-0.2, -0.15) is 0 Å². The van der Waals surface area contributed by atoms with Crippen molar-refractivity contribution in [2.24, 2.45) is 0 Å². The molecule has 0 aromatic rings. The second-order valence-corrected chi connectivity index (χ2v) is 6.76. The summed E-state index contributed by atoms with van der Waals surface area (Å²) in [5.41, 5.74) is 0.279. The highest BCUT2D eigenvalue weighted by molar-refractivity contribution is 4.88. The monoisotopic (exact) mass is 269 g/mol. The minimum absolute atomic E-state index is 0.279. The minimum atomic E-state index is 0.279. The second kappa shape index (κ2) is 8.23. The minimum Gasteiger partial charge on any atom is -0.312 e. The molecule has 0 aromatic heterocycles. The van der Waals surface area contributed by atoms with Gasteiger partial charge in [-0.3, -0.25) is 4.90 Å². The Balaban J connectivity index is 2.39. The average molecular weight is 269 g/mol. The lowest BCUT2D eigenvalue weighted by Crippen LogP contribution is -2.58. The molecule has 0 bridgehead atoms. The molecule has 1 heterocycles. The smallest absolute Gasteiger partial charge is 0.0278 e. The van der Waals surface area contributed by atoms with Gasteiger partial charge in [0.2, 0.25) is 0 Å². The Kier molecular flexibility index (Phi) is 7.33. The van der Waals surface area contributed by atoms with Gasteiger partial charge in [0.25, 0.3) is 0 Å². The first-order valence-corrected chi connectivity index (χ1v) is 8.16. The third-order valence-electron chi connectivity index (χ3n) is 4.46. The molecule has 3 nitrogen and oxygen atoms in total. The van der Waals surface area contributed by atoms with Crippen molar-refractivity contribution in [1.29, 1.82) is 0 Å². The lowest BCUT2D eigenvalue weighted by Gasteiger charge is -2.44. The summed E-state index contributed by atoms with van der Waals surface area (Å²) in [5.74, 6) is 0. The summed E-state index contributed by atoms with van der Waals surface area (Å²) in [7, 11) is 2.22. The van der Waals surface area contributed by atoms with Crippen molar-refractivity contribution in [3.8, 4) is 0 Å². The van der Waals surface area contributed by atoms with E-state index in [1.165, 1.54) is 51.9 Å². The van der Waals surface area contributed by atoms with Crippen LogP contribution in [0, 0.1) is 0 Å². The second-order valence-electron chi connectivity index (χ2n) is 6.76. The van der Waals surface area contributed by atoms with Crippen LogP contribution in [-0.4, -0.2) is 61.2 Å². The van der Waals surface area contributed by atoms with Crippen LogP contribution in [0.3, 0.4) is 0 Å². The maximum Gasteiger partial charge on any atom is 0.0278 e. The Labute approximate surface area is 120 Å². The standard InChI is InChI=1S/C16H35N3/c1-6-8-15(9-7-2)17-14-16(3,4)19-12-10-18(5)11-13-19/h15,17H,6-14H2,1-5H3. The highest BCUT2D eigenvalue weighted by Crippen LogP contribution is 2.16. The third kappa shape index (κ3) is 5.80. The van der Waals surface area contributed by atoms with Crippen LogP contribution in [0.4, 0.5) is 0 Å². The molecule has 0 amide bonds. The van der Waals surface area contributed by atoms with E-state index in [4.69, 9.17) is 0 Å². The zero-order valence-electron chi connectivity index (χ0n) is 13.8. The Morgan fingerprint density at radius 1 is 1.00 bits per heavy atom. The molecule has 0 unspecified atom stereocenters. The fourth-order valence-electron chi connectivity index (χ4n) is 2.96. The van der Waals surface area contributed by atoms with E-state index in [-0.39, 0.29) is 5.54 Å². The summed E-state index contributed by atoms with van der Waals surface area (Å²) in [6, 6.07) is 0.710. The summed E-state index contributed by atoms with van der Waals surface area (Å²) in [6.07, 6.45) is 5.19. The van der Waals surface area contributed by atoms with Crippen LogP contribution in [0.25, 0.3) is 0 Å². The van der Waals surface area contributed by atoms with Crippen LogP contribution in [-0.2, 0) is 0 Å². The lowest BCUT2D eigenvalue weighted by atomic mass is 9.99. The summed E-state index contributed by atoms with van der Waals surface area (Å²) < 4.78 is 0. The molecule has 0 aromatic carbocycles. The van der Waals surface area contributed by atoms with Crippen LogP contribution >= 0.6 is 0 Å². The molecule has 19 heavy (non-hydrogen) atoms. The van der Waals surface area contributed by atoms with Gasteiger partial charge in [-0.1, -0.05) is 26.7 Å². The van der Waals surface area contributed by atoms with Crippen LogP contribution in [0.15, 0.2) is 0 Å². The maximum absolute atomic E-state index is 3.82. The van der Waals surface area contributed by atoms with Gasteiger partial charge >= 0.3 is 0 Å². The molecule has 1 rings (SSSR count). The van der Waals surface area contributed by atoms with Gasteiger partial charge in [0, 0.05) is 44.3 Å². The van der Waals surface area contributed by atoms with Crippen LogP contribution in [0.2, 0.25) is 0 Å². The molecular weight excluding hydrogens is 234 g/mol. The van der Waals surface area contributed by atoms with Crippen molar-refractivity contribution < 1.29 is 0 Å². The molecule has 114 valence electrons. The highest BCUT2D eigenvalue weighted by Gasteiger charge is 2.29. The van der Waals surface area contributed by atoms with E-state index in [1.807, 2.05) is 0 Å². The summed E-state index contributed by atoms with van der Waals surface area (Å²) in [6.45, 7) is 15.3. The number of nitrogens with one attached hydrogen (secondary N) is 1. The molecule has 0 radical (unpaired) electrons. The van der Waals surface area contributed by atoms with Crippen LogP contribution in [0.1, 0.15) is 53.4 Å². The molecule has 0 saturated carbocycles. The fourth-order valence-corrected chi connectivity index (χ4v) is 2.96. The first kappa shape index (κ1) is 16.9. The first-order valence-electron chi connectivity index (χ1n) is 8.16. The van der Waals surface area contributed by atoms with E-state index in [2.05, 4.69) is 49.9 Å².